The highest BCUT2D eigenvalue weighted by Crippen LogP contribution is 2.37. The topological polar surface area (TPSA) is 12.0 Å². The Morgan fingerprint density at radius 2 is 2.00 bits per heavy atom. The van der Waals surface area contributed by atoms with Crippen molar-refractivity contribution in [1.82, 2.24) is 0 Å². The molecule has 1 heterocycles. The normalized spacial score (nSPS) is 17.4. The maximum Gasteiger partial charge on any atom is 0.128 e. The SMILES string of the molecule is Cc1cccc(C2Cc3c(F)ccc(C)c3N2)c1. The van der Waals surface area contributed by atoms with Crippen molar-refractivity contribution in [3.63, 3.8) is 0 Å². The van der Waals surface area contributed by atoms with Crippen LogP contribution in [0.15, 0.2) is 36.4 Å². The largest absolute Gasteiger partial charge is 0.377 e. The summed E-state index contributed by atoms with van der Waals surface area (Å²) in [4.78, 5) is 0. The Labute approximate surface area is 107 Å². The monoisotopic (exact) mass is 241 g/mol. The van der Waals surface area contributed by atoms with Gasteiger partial charge in [-0.2, -0.15) is 0 Å². The molecule has 18 heavy (non-hydrogen) atoms. The molecule has 2 heteroatoms. The number of hydrogen-bond donors (Lipinski definition) is 1. The van der Waals surface area contributed by atoms with E-state index < -0.39 is 0 Å². The first-order valence-electron chi connectivity index (χ1n) is 6.26. The second-order valence-corrected chi connectivity index (χ2v) is 5.03. The third-order valence-electron chi connectivity index (χ3n) is 3.64. The fraction of sp³-hybridized carbons (Fsp3) is 0.250. The highest BCUT2D eigenvalue weighted by molar-refractivity contribution is 5.63. The van der Waals surface area contributed by atoms with Crippen molar-refractivity contribution in [2.45, 2.75) is 26.3 Å². The summed E-state index contributed by atoms with van der Waals surface area (Å²) in [5.41, 5.74) is 5.37. The quantitative estimate of drug-likeness (QED) is 0.790. The fourth-order valence-corrected chi connectivity index (χ4v) is 2.66. The number of rotatable bonds is 1. The Kier molecular flexibility index (Phi) is 2.58. The number of aryl methyl sites for hydroxylation is 2. The van der Waals surface area contributed by atoms with Crippen molar-refractivity contribution in [3.05, 3.63) is 64.5 Å². The maximum absolute atomic E-state index is 13.8. The van der Waals surface area contributed by atoms with Crippen molar-refractivity contribution in [3.8, 4) is 0 Å². The molecular formula is C16H16FN. The lowest BCUT2D eigenvalue weighted by Crippen LogP contribution is -2.06. The van der Waals surface area contributed by atoms with Gasteiger partial charge in [0.2, 0.25) is 0 Å². The highest BCUT2D eigenvalue weighted by Gasteiger charge is 2.25. The molecule has 1 atom stereocenters. The summed E-state index contributed by atoms with van der Waals surface area (Å²) in [5, 5.41) is 3.45. The van der Waals surface area contributed by atoms with Crippen LogP contribution >= 0.6 is 0 Å². The zero-order chi connectivity index (χ0) is 12.7. The van der Waals surface area contributed by atoms with Crippen LogP contribution in [0.3, 0.4) is 0 Å². The lowest BCUT2D eigenvalue weighted by Gasteiger charge is -2.12. The van der Waals surface area contributed by atoms with Crippen molar-refractivity contribution in [2.24, 2.45) is 0 Å². The van der Waals surface area contributed by atoms with Gasteiger partial charge in [-0.25, -0.2) is 4.39 Å². The minimum atomic E-state index is -0.0988. The predicted molar refractivity (Wildman–Crippen MR) is 72.4 cm³/mol. The van der Waals surface area contributed by atoms with Gasteiger partial charge in [0.05, 0.1) is 6.04 Å². The smallest absolute Gasteiger partial charge is 0.128 e. The van der Waals surface area contributed by atoms with Crippen LogP contribution in [0.1, 0.15) is 28.3 Å². The maximum atomic E-state index is 13.8. The van der Waals surface area contributed by atoms with E-state index in [9.17, 15) is 4.39 Å². The molecule has 1 aliphatic rings. The molecule has 0 spiro atoms. The van der Waals surface area contributed by atoms with Crippen molar-refractivity contribution >= 4 is 5.69 Å². The van der Waals surface area contributed by atoms with E-state index in [4.69, 9.17) is 0 Å². The lowest BCUT2D eigenvalue weighted by atomic mass is 10.0. The molecule has 0 amide bonds. The minimum absolute atomic E-state index is 0.0988. The Bertz CT molecular complexity index is 573. The van der Waals surface area contributed by atoms with Crippen LogP contribution < -0.4 is 5.32 Å². The molecule has 1 aliphatic heterocycles. The summed E-state index contributed by atoms with van der Waals surface area (Å²) >= 11 is 0. The molecule has 2 aromatic carbocycles. The van der Waals surface area contributed by atoms with Crippen molar-refractivity contribution < 1.29 is 4.39 Å². The van der Waals surface area contributed by atoms with Gasteiger partial charge in [-0.3, -0.25) is 0 Å². The third-order valence-corrected chi connectivity index (χ3v) is 3.64. The second kappa shape index (κ2) is 4.13. The van der Waals surface area contributed by atoms with E-state index in [0.29, 0.717) is 0 Å². The molecule has 2 aromatic rings. The molecule has 1 unspecified atom stereocenters. The van der Waals surface area contributed by atoms with Crippen molar-refractivity contribution in [1.29, 1.82) is 0 Å². The summed E-state index contributed by atoms with van der Waals surface area (Å²) < 4.78 is 13.8. The van der Waals surface area contributed by atoms with E-state index in [1.54, 1.807) is 6.07 Å². The molecule has 3 rings (SSSR count). The van der Waals surface area contributed by atoms with Crippen LogP contribution in [0.2, 0.25) is 0 Å². The van der Waals surface area contributed by atoms with E-state index in [-0.39, 0.29) is 11.9 Å². The molecular weight excluding hydrogens is 225 g/mol. The number of hydrogen-bond acceptors (Lipinski definition) is 1. The van der Waals surface area contributed by atoms with Gasteiger partial charge in [0.25, 0.3) is 0 Å². The molecule has 92 valence electrons. The van der Waals surface area contributed by atoms with Gasteiger partial charge in [-0.05, 0) is 31.0 Å². The molecule has 0 fully saturated rings. The van der Waals surface area contributed by atoms with E-state index in [0.717, 1.165) is 23.2 Å². The minimum Gasteiger partial charge on any atom is -0.377 e. The average molecular weight is 241 g/mol. The average Bonchev–Trinajstić information content (AvgIpc) is 2.80. The van der Waals surface area contributed by atoms with Gasteiger partial charge in [0.1, 0.15) is 5.82 Å². The van der Waals surface area contributed by atoms with E-state index in [2.05, 4.69) is 36.5 Å². The number of nitrogens with one attached hydrogen (secondary N) is 1. The molecule has 0 saturated carbocycles. The van der Waals surface area contributed by atoms with E-state index in [1.807, 2.05) is 13.0 Å². The zero-order valence-electron chi connectivity index (χ0n) is 10.6. The Hall–Kier alpha value is -1.83. The van der Waals surface area contributed by atoms with Crippen LogP contribution in [-0.2, 0) is 6.42 Å². The first-order chi connectivity index (χ1) is 8.65. The molecule has 0 bridgehead atoms. The van der Waals surface area contributed by atoms with Gasteiger partial charge in [-0.15, -0.1) is 0 Å². The summed E-state index contributed by atoms with van der Waals surface area (Å²) in [5.74, 6) is -0.0988. The number of fused-ring (bicyclic) bond motifs is 1. The summed E-state index contributed by atoms with van der Waals surface area (Å²) in [6.45, 7) is 4.10. The molecule has 1 nitrogen and oxygen atoms in total. The molecule has 0 aromatic heterocycles. The molecule has 1 N–H and O–H groups in total. The van der Waals surface area contributed by atoms with Crippen LogP contribution in [0.25, 0.3) is 0 Å². The summed E-state index contributed by atoms with van der Waals surface area (Å²) in [7, 11) is 0. The Morgan fingerprint density at radius 3 is 2.72 bits per heavy atom. The molecule has 0 aliphatic carbocycles. The van der Waals surface area contributed by atoms with Crippen LogP contribution in [-0.4, -0.2) is 0 Å². The zero-order valence-corrected chi connectivity index (χ0v) is 10.6. The number of halogens is 1. The Balaban J connectivity index is 1.98. The lowest BCUT2D eigenvalue weighted by molar-refractivity contribution is 0.610. The summed E-state index contributed by atoms with van der Waals surface area (Å²) in [6, 6.07) is 12.0. The van der Waals surface area contributed by atoms with Gasteiger partial charge in [0, 0.05) is 17.7 Å². The van der Waals surface area contributed by atoms with Gasteiger partial charge in [0.15, 0.2) is 0 Å². The highest BCUT2D eigenvalue weighted by atomic mass is 19.1. The molecule has 0 saturated heterocycles. The summed E-state index contributed by atoms with van der Waals surface area (Å²) in [6.07, 6.45) is 0.728. The molecule has 0 radical (unpaired) electrons. The van der Waals surface area contributed by atoms with Crippen LogP contribution in [0, 0.1) is 19.7 Å². The first kappa shape index (κ1) is 11.3. The van der Waals surface area contributed by atoms with E-state index >= 15 is 0 Å². The first-order valence-corrected chi connectivity index (χ1v) is 6.26. The van der Waals surface area contributed by atoms with E-state index in [1.165, 1.54) is 11.1 Å². The number of anilines is 1. The standard InChI is InChI=1S/C16H16FN/c1-10-4-3-5-12(8-10)15-9-13-14(17)7-6-11(2)16(13)18-15/h3-8,15,18H,9H2,1-2H3. The fourth-order valence-electron chi connectivity index (χ4n) is 2.66. The Morgan fingerprint density at radius 1 is 1.17 bits per heavy atom. The predicted octanol–water partition coefficient (Wildman–Crippen LogP) is 4.15. The van der Waals surface area contributed by atoms with Crippen LogP contribution in [0.4, 0.5) is 10.1 Å². The van der Waals surface area contributed by atoms with Gasteiger partial charge < -0.3 is 5.32 Å². The second-order valence-electron chi connectivity index (χ2n) is 5.03. The van der Waals surface area contributed by atoms with Gasteiger partial charge >= 0.3 is 0 Å². The third kappa shape index (κ3) is 1.78. The van der Waals surface area contributed by atoms with Crippen LogP contribution in [0.5, 0.6) is 0 Å². The van der Waals surface area contributed by atoms with Crippen molar-refractivity contribution in [2.75, 3.05) is 5.32 Å². The van der Waals surface area contributed by atoms with Gasteiger partial charge in [-0.1, -0.05) is 35.9 Å². The number of benzene rings is 2.